The van der Waals surface area contributed by atoms with Crippen LogP contribution in [-0.2, 0) is 9.59 Å². The van der Waals surface area contributed by atoms with Crippen LogP contribution in [0.2, 0.25) is 0 Å². The number of nitrogens with one attached hydrogen (secondary N) is 2. The van der Waals surface area contributed by atoms with Crippen molar-refractivity contribution in [1.29, 1.82) is 0 Å². The van der Waals surface area contributed by atoms with Crippen LogP contribution in [0.4, 0.5) is 0 Å². The van der Waals surface area contributed by atoms with Crippen LogP contribution in [0.15, 0.2) is 53.6 Å². The Hall–Kier alpha value is -3.04. The van der Waals surface area contributed by atoms with Gasteiger partial charge in [0.15, 0.2) is 5.17 Å². The summed E-state index contributed by atoms with van der Waals surface area (Å²) in [4.78, 5) is 24.4. The molecule has 3 unspecified atom stereocenters. The van der Waals surface area contributed by atoms with Crippen molar-refractivity contribution in [2.75, 3.05) is 14.2 Å². The van der Waals surface area contributed by atoms with Crippen molar-refractivity contribution in [3.63, 3.8) is 0 Å². The summed E-state index contributed by atoms with van der Waals surface area (Å²) in [7, 11) is 3.32. The third-order valence-corrected chi connectivity index (χ3v) is 9.05. The Morgan fingerprint density at radius 1 is 0.944 bits per heavy atom. The molecule has 190 valence electrons. The molecule has 9 heteroatoms. The number of amides is 2. The molecule has 2 bridgehead atoms. The predicted octanol–water partition coefficient (Wildman–Crippen LogP) is 4.20. The highest BCUT2D eigenvalue weighted by Crippen LogP contribution is 2.62. The van der Waals surface area contributed by atoms with Gasteiger partial charge in [0.1, 0.15) is 16.4 Å². The molecule has 2 aliphatic heterocycles. The Kier molecular flexibility index (Phi) is 6.70. The Labute approximate surface area is 215 Å². The van der Waals surface area contributed by atoms with E-state index in [1.807, 2.05) is 24.3 Å². The van der Waals surface area contributed by atoms with Gasteiger partial charge in [-0.15, -0.1) is 5.10 Å². The third-order valence-electron chi connectivity index (χ3n) is 7.57. The maximum atomic E-state index is 13.1. The average Bonchev–Trinajstić information content (AvgIpc) is 3.22. The lowest BCUT2D eigenvalue weighted by Crippen LogP contribution is -2.65. The molecule has 5 rings (SSSR count). The second-order valence-corrected chi connectivity index (χ2v) is 10.8. The molecule has 36 heavy (non-hydrogen) atoms. The number of piperidine rings is 1. The first-order chi connectivity index (χ1) is 17.4. The van der Waals surface area contributed by atoms with E-state index in [-0.39, 0.29) is 35.7 Å². The average molecular weight is 509 g/mol. The molecule has 1 saturated carbocycles. The highest BCUT2D eigenvalue weighted by atomic mass is 32.2. The SMILES string of the molecule is COc1ccc(C2NC(c3ccc(OC)cc3)[C@@H]3CCC[C@H]2C32SC(NC(C)=O)=NN2C(C)=O)cc1. The normalized spacial score (nSPS) is 29.0. The lowest BCUT2D eigenvalue weighted by atomic mass is 9.64. The molecule has 5 atom stereocenters. The molecule has 1 spiro atoms. The molecule has 2 amide bonds. The molecule has 8 nitrogen and oxygen atoms in total. The zero-order chi connectivity index (χ0) is 25.4. The fraction of sp³-hybridized carbons (Fsp3) is 0.444. The minimum atomic E-state index is -0.623. The number of ether oxygens (including phenoxy) is 2. The van der Waals surface area contributed by atoms with Crippen LogP contribution in [-0.4, -0.2) is 41.1 Å². The zero-order valence-electron chi connectivity index (χ0n) is 21.0. The monoisotopic (exact) mass is 508 g/mol. The number of methoxy groups -OCH3 is 2. The summed E-state index contributed by atoms with van der Waals surface area (Å²) < 4.78 is 10.8. The number of hydrazone groups is 1. The highest BCUT2D eigenvalue weighted by molar-refractivity contribution is 8.15. The largest absolute Gasteiger partial charge is 0.497 e. The van der Waals surface area contributed by atoms with Gasteiger partial charge in [-0.3, -0.25) is 9.59 Å². The predicted molar refractivity (Wildman–Crippen MR) is 140 cm³/mol. The van der Waals surface area contributed by atoms with Crippen molar-refractivity contribution < 1.29 is 19.1 Å². The van der Waals surface area contributed by atoms with Crippen molar-refractivity contribution in [2.24, 2.45) is 16.9 Å². The first-order valence-corrected chi connectivity index (χ1v) is 13.1. The number of nitrogens with zero attached hydrogens (tertiary/aromatic N) is 2. The van der Waals surface area contributed by atoms with E-state index in [4.69, 9.17) is 9.47 Å². The van der Waals surface area contributed by atoms with Crippen molar-refractivity contribution in [1.82, 2.24) is 15.6 Å². The summed E-state index contributed by atoms with van der Waals surface area (Å²) in [6.07, 6.45) is 2.93. The van der Waals surface area contributed by atoms with Gasteiger partial charge in [-0.05, 0) is 48.2 Å². The number of carbonyl (C=O) groups is 2. The quantitative estimate of drug-likeness (QED) is 0.643. The van der Waals surface area contributed by atoms with Crippen LogP contribution in [0.3, 0.4) is 0 Å². The van der Waals surface area contributed by atoms with Crippen LogP contribution in [0.25, 0.3) is 0 Å². The second-order valence-electron chi connectivity index (χ2n) is 9.58. The van der Waals surface area contributed by atoms with Gasteiger partial charge in [0.05, 0.1) is 14.2 Å². The first kappa shape index (κ1) is 24.6. The van der Waals surface area contributed by atoms with E-state index in [9.17, 15) is 9.59 Å². The number of hydrogen-bond donors (Lipinski definition) is 2. The molecule has 0 radical (unpaired) electrons. The van der Waals surface area contributed by atoms with E-state index in [0.717, 1.165) is 41.9 Å². The summed E-state index contributed by atoms with van der Waals surface area (Å²) in [6.45, 7) is 3.03. The second kappa shape index (κ2) is 9.78. The summed E-state index contributed by atoms with van der Waals surface area (Å²) in [5.41, 5.74) is 2.27. The number of thioether (sulfide) groups is 1. The summed E-state index contributed by atoms with van der Waals surface area (Å²) >= 11 is 1.54. The molecule has 2 fully saturated rings. The van der Waals surface area contributed by atoms with Gasteiger partial charge >= 0.3 is 0 Å². The van der Waals surface area contributed by atoms with E-state index in [1.165, 1.54) is 18.7 Å². The topological polar surface area (TPSA) is 92.3 Å². The number of benzene rings is 2. The van der Waals surface area contributed by atoms with Gasteiger partial charge in [-0.2, -0.15) is 0 Å². The minimum absolute atomic E-state index is 0.0271. The van der Waals surface area contributed by atoms with Gasteiger partial charge in [0.25, 0.3) is 0 Å². The molecular weight excluding hydrogens is 476 g/mol. The number of amidine groups is 1. The third kappa shape index (κ3) is 4.14. The van der Waals surface area contributed by atoms with Crippen molar-refractivity contribution in [3.8, 4) is 11.5 Å². The van der Waals surface area contributed by atoms with Crippen LogP contribution in [0.5, 0.6) is 11.5 Å². The minimum Gasteiger partial charge on any atom is -0.497 e. The summed E-state index contributed by atoms with van der Waals surface area (Å²) in [6, 6.07) is 16.2. The van der Waals surface area contributed by atoms with E-state index in [0.29, 0.717) is 5.17 Å². The lowest BCUT2D eigenvalue weighted by molar-refractivity contribution is -0.140. The maximum absolute atomic E-state index is 13.1. The lowest BCUT2D eigenvalue weighted by Gasteiger charge is -2.59. The van der Waals surface area contributed by atoms with Crippen molar-refractivity contribution >= 4 is 28.7 Å². The van der Waals surface area contributed by atoms with E-state index >= 15 is 0 Å². The molecular formula is C27H32N4O4S. The number of hydrogen-bond acceptors (Lipinski definition) is 7. The van der Waals surface area contributed by atoms with E-state index in [1.54, 1.807) is 26.2 Å². The standard InChI is InChI=1S/C27H32N4O4S/c1-16(32)28-26-30-31(17(2)33)27(36-26)22-6-5-7-23(27)25(19-10-14-21(35-4)15-11-19)29-24(22)18-8-12-20(34-3)13-9-18/h8-15,22-25,29H,5-7H2,1-4H3,(H,28,30,32)/t22-,23+,24?,25?,27?. The molecule has 2 heterocycles. The van der Waals surface area contributed by atoms with Gasteiger partial charge in [0, 0.05) is 37.8 Å². The smallest absolute Gasteiger partial charge is 0.240 e. The summed E-state index contributed by atoms with van der Waals surface area (Å²) in [5.74, 6) is 1.46. The van der Waals surface area contributed by atoms with Gasteiger partial charge in [-0.25, -0.2) is 5.01 Å². The molecule has 3 aliphatic rings. The van der Waals surface area contributed by atoms with Gasteiger partial charge in [0.2, 0.25) is 11.8 Å². The first-order valence-electron chi connectivity index (χ1n) is 12.3. The fourth-order valence-corrected chi connectivity index (χ4v) is 7.83. The Morgan fingerprint density at radius 3 is 1.86 bits per heavy atom. The fourth-order valence-electron chi connectivity index (χ4n) is 6.13. The molecule has 2 aromatic carbocycles. The van der Waals surface area contributed by atoms with Gasteiger partial charge in [-0.1, -0.05) is 42.4 Å². The molecule has 1 aliphatic carbocycles. The van der Waals surface area contributed by atoms with E-state index < -0.39 is 4.87 Å². The Bertz CT molecular complexity index is 1110. The van der Waals surface area contributed by atoms with Crippen LogP contribution in [0, 0.1) is 11.8 Å². The molecule has 0 aromatic heterocycles. The molecule has 2 N–H and O–H groups in total. The van der Waals surface area contributed by atoms with E-state index in [2.05, 4.69) is 40.0 Å². The van der Waals surface area contributed by atoms with Crippen LogP contribution in [0.1, 0.15) is 56.3 Å². The van der Waals surface area contributed by atoms with Gasteiger partial charge < -0.3 is 20.1 Å². The highest BCUT2D eigenvalue weighted by Gasteiger charge is 2.64. The van der Waals surface area contributed by atoms with Crippen LogP contribution < -0.4 is 20.1 Å². The number of rotatable bonds is 4. The molecule has 2 aromatic rings. The Balaban J connectivity index is 1.64. The van der Waals surface area contributed by atoms with Crippen molar-refractivity contribution in [3.05, 3.63) is 59.7 Å². The van der Waals surface area contributed by atoms with Crippen molar-refractivity contribution in [2.45, 2.75) is 50.1 Å². The zero-order valence-corrected chi connectivity index (χ0v) is 21.8. The maximum Gasteiger partial charge on any atom is 0.240 e. The Morgan fingerprint density at radius 2 is 1.44 bits per heavy atom. The number of carbonyl (C=O) groups excluding carboxylic acids is 2. The molecule has 1 saturated heterocycles. The summed E-state index contributed by atoms with van der Waals surface area (Å²) in [5, 5.41) is 13.6. The van der Waals surface area contributed by atoms with Crippen LogP contribution >= 0.6 is 11.8 Å².